The number of aliphatic hydroxyl groups is 1. The van der Waals surface area contributed by atoms with E-state index in [1.165, 1.54) is 19.3 Å². The summed E-state index contributed by atoms with van der Waals surface area (Å²) in [6, 6.07) is 0. The molecular weight excluding hydrogens is 136 g/mol. The largest absolute Gasteiger partial charge is 0.392 e. The Balaban J connectivity index is 2.34. The molecule has 2 saturated carbocycles. The fourth-order valence-corrected chi connectivity index (χ4v) is 3.28. The molecular formula is C10H18O. The molecule has 2 aliphatic carbocycles. The Labute approximate surface area is 68.8 Å². The summed E-state index contributed by atoms with van der Waals surface area (Å²) < 4.78 is 0. The zero-order chi connectivity index (χ0) is 8.28. The van der Waals surface area contributed by atoms with Gasteiger partial charge in [-0.15, -0.1) is 0 Å². The van der Waals surface area contributed by atoms with Crippen molar-refractivity contribution in [1.29, 1.82) is 0 Å². The van der Waals surface area contributed by atoms with Gasteiger partial charge in [0.25, 0.3) is 0 Å². The lowest BCUT2D eigenvalue weighted by Gasteiger charge is -2.38. The molecule has 0 aromatic carbocycles. The summed E-state index contributed by atoms with van der Waals surface area (Å²) in [6.45, 7) is 6.67. The van der Waals surface area contributed by atoms with E-state index in [0.717, 1.165) is 5.92 Å². The van der Waals surface area contributed by atoms with E-state index in [-0.39, 0.29) is 16.9 Å². The number of hydrogen-bond donors (Lipinski definition) is 1. The van der Waals surface area contributed by atoms with Gasteiger partial charge in [-0.05, 0) is 36.0 Å². The average molecular weight is 154 g/mol. The Morgan fingerprint density at radius 1 is 1.27 bits per heavy atom. The zero-order valence-electron chi connectivity index (χ0n) is 7.72. The molecule has 0 aromatic rings. The smallest absolute Gasteiger partial charge is 0.0647 e. The fourth-order valence-electron chi connectivity index (χ4n) is 3.28. The van der Waals surface area contributed by atoms with Crippen molar-refractivity contribution < 1.29 is 5.11 Å². The van der Waals surface area contributed by atoms with Crippen LogP contribution in [0.4, 0.5) is 0 Å². The minimum absolute atomic E-state index is 0.0613. The van der Waals surface area contributed by atoms with Crippen LogP contribution in [0.1, 0.15) is 40.0 Å². The SMILES string of the molecule is CC12CC[C@H](C1)C(C)(C)C2O. The quantitative estimate of drug-likeness (QED) is 0.567. The predicted molar refractivity (Wildman–Crippen MR) is 45.2 cm³/mol. The molecule has 2 unspecified atom stereocenters. The lowest BCUT2D eigenvalue weighted by molar-refractivity contribution is -0.0340. The average Bonchev–Trinajstić information content (AvgIpc) is 2.36. The van der Waals surface area contributed by atoms with Crippen molar-refractivity contribution in [3.63, 3.8) is 0 Å². The first-order chi connectivity index (χ1) is 4.97. The van der Waals surface area contributed by atoms with Gasteiger partial charge < -0.3 is 5.11 Å². The topological polar surface area (TPSA) is 20.2 Å². The Morgan fingerprint density at radius 2 is 1.91 bits per heavy atom. The molecule has 1 nitrogen and oxygen atoms in total. The minimum atomic E-state index is -0.0613. The highest BCUT2D eigenvalue weighted by Gasteiger charge is 2.58. The van der Waals surface area contributed by atoms with Gasteiger partial charge in [-0.1, -0.05) is 20.8 Å². The third kappa shape index (κ3) is 0.752. The first kappa shape index (κ1) is 7.60. The second-order valence-electron chi connectivity index (χ2n) is 5.32. The predicted octanol–water partition coefficient (Wildman–Crippen LogP) is 2.19. The Morgan fingerprint density at radius 3 is 2.18 bits per heavy atom. The Kier molecular flexibility index (Phi) is 1.26. The van der Waals surface area contributed by atoms with Gasteiger partial charge in [0.15, 0.2) is 0 Å². The third-order valence-corrected chi connectivity index (χ3v) is 4.19. The van der Waals surface area contributed by atoms with E-state index in [4.69, 9.17) is 0 Å². The molecule has 0 spiro atoms. The Bertz CT molecular complexity index is 181. The van der Waals surface area contributed by atoms with Crippen molar-refractivity contribution in [1.82, 2.24) is 0 Å². The van der Waals surface area contributed by atoms with Gasteiger partial charge in [-0.25, -0.2) is 0 Å². The molecule has 3 atom stereocenters. The van der Waals surface area contributed by atoms with Crippen molar-refractivity contribution in [3.05, 3.63) is 0 Å². The summed E-state index contributed by atoms with van der Waals surface area (Å²) in [6.07, 6.45) is 3.76. The van der Waals surface area contributed by atoms with Gasteiger partial charge in [0.05, 0.1) is 6.10 Å². The molecule has 1 heteroatoms. The summed E-state index contributed by atoms with van der Waals surface area (Å²) in [5.41, 5.74) is 0.446. The van der Waals surface area contributed by atoms with Crippen LogP contribution >= 0.6 is 0 Å². The van der Waals surface area contributed by atoms with Crippen LogP contribution < -0.4 is 0 Å². The van der Waals surface area contributed by atoms with Gasteiger partial charge in [0.2, 0.25) is 0 Å². The van der Waals surface area contributed by atoms with Gasteiger partial charge in [0.1, 0.15) is 0 Å². The van der Waals surface area contributed by atoms with Crippen LogP contribution in [0.15, 0.2) is 0 Å². The van der Waals surface area contributed by atoms with Crippen molar-refractivity contribution in [2.75, 3.05) is 0 Å². The van der Waals surface area contributed by atoms with Crippen molar-refractivity contribution >= 4 is 0 Å². The van der Waals surface area contributed by atoms with Crippen LogP contribution in [0.25, 0.3) is 0 Å². The molecule has 2 bridgehead atoms. The summed E-state index contributed by atoms with van der Waals surface area (Å²) in [4.78, 5) is 0. The summed E-state index contributed by atoms with van der Waals surface area (Å²) in [5, 5.41) is 10.0. The molecule has 0 saturated heterocycles. The molecule has 11 heavy (non-hydrogen) atoms. The van der Waals surface area contributed by atoms with E-state index in [0.29, 0.717) is 0 Å². The van der Waals surface area contributed by atoms with E-state index >= 15 is 0 Å². The van der Waals surface area contributed by atoms with E-state index in [1.807, 2.05) is 0 Å². The standard InChI is InChI=1S/C10H18O/c1-9(2)7-4-5-10(3,6-7)8(9)11/h7-8,11H,4-6H2,1-3H3/t7-,8?,10?/m1/s1. The van der Waals surface area contributed by atoms with E-state index in [2.05, 4.69) is 20.8 Å². The molecule has 0 heterocycles. The lowest BCUT2D eigenvalue weighted by Crippen LogP contribution is -2.39. The second kappa shape index (κ2) is 1.82. The van der Waals surface area contributed by atoms with E-state index < -0.39 is 0 Å². The molecule has 0 radical (unpaired) electrons. The molecule has 2 aliphatic rings. The molecule has 2 fully saturated rings. The molecule has 0 amide bonds. The van der Waals surface area contributed by atoms with Crippen LogP contribution in [0, 0.1) is 16.7 Å². The molecule has 1 N–H and O–H groups in total. The van der Waals surface area contributed by atoms with Crippen molar-refractivity contribution in [2.45, 2.75) is 46.1 Å². The highest BCUT2D eigenvalue weighted by molar-refractivity contribution is 5.08. The van der Waals surface area contributed by atoms with Gasteiger partial charge in [0, 0.05) is 0 Å². The number of aliphatic hydroxyl groups excluding tert-OH is 1. The van der Waals surface area contributed by atoms with Crippen molar-refractivity contribution in [2.24, 2.45) is 16.7 Å². The lowest BCUT2D eigenvalue weighted by atomic mass is 9.70. The van der Waals surface area contributed by atoms with Crippen molar-refractivity contribution in [3.8, 4) is 0 Å². The monoisotopic (exact) mass is 154 g/mol. The minimum Gasteiger partial charge on any atom is -0.392 e. The fraction of sp³-hybridized carbons (Fsp3) is 1.00. The zero-order valence-corrected chi connectivity index (χ0v) is 7.72. The number of hydrogen-bond acceptors (Lipinski definition) is 1. The highest BCUT2D eigenvalue weighted by atomic mass is 16.3. The van der Waals surface area contributed by atoms with Crippen LogP contribution in [0.3, 0.4) is 0 Å². The van der Waals surface area contributed by atoms with Crippen LogP contribution in [-0.2, 0) is 0 Å². The van der Waals surface area contributed by atoms with E-state index in [1.54, 1.807) is 0 Å². The molecule has 2 rings (SSSR count). The second-order valence-corrected chi connectivity index (χ2v) is 5.32. The normalized spacial score (nSPS) is 53.5. The summed E-state index contributed by atoms with van der Waals surface area (Å²) in [7, 11) is 0. The first-order valence-electron chi connectivity index (χ1n) is 4.65. The maximum absolute atomic E-state index is 10.0. The summed E-state index contributed by atoms with van der Waals surface area (Å²) in [5.74, 6) is 0.780. The maximum Gasteiger partial charge on any atom is 0.0647 e. The van der Waals surface area contributed by atoms with Crippen LogP contribution in [-0.4, -0.2) is 11.2 Å². The Hall–Kier alpha value is -0.0400. The van der Waals surface area contributed by atoms with Crippen LogP contribution in [0.5, 0.6) is 0 Å². The van der Waals surface area contributed by atoms with Gasteiger partial charge >= 0.3 is 0 Å². The maximum atomic E-state index is 10.0. The third-order valence-electron chi connectivity index (χ3n) is 4.19. The molecule has 0 aromatic heterocycles. The molecule has 0 aliphatic heterocycles. The van der Waals surface area contributed by atoms with Crippen LogP contribution in [0.2, 0.25) is 0 Å². The number of rotatable bonds is 0. The first-order valence-corrected chi connectivity index (χ1v) is 4.65. The van der Waals surface area contributed by atoms with Gasteiger partial charge in [-0.3, -0.25) is 0 Å². The van der Waals surface area contributed by atoms with Gasteiger partial charge in [-0.2, -0.15) is 0 Å². The number of fused-ring (bicyclic) bond motifs is 2. The molecule has 64 valence electrons. The highest BCUT2D eigenvalue weighted by Crippen LogP contribution is 2.62. The van der Waals surface area contributed by atoms with E-state index in [9.17, 15) is 5.11 Å². The summed E-state index contributed by atoms with van der Waals surface area (Å²) >= 11 is 0.